The third kappa shape index (κ3) is 5.78. The van der Waals surface area contributed by atoms with E-state index in [0.717, 1.165) is 0 Å². The number of hydrogen-bond donors (Lipinski definition) is 1. The van der Waals surface area contributed by atoms with E-state index in [-0.39, 0.29) is 55.4 Å². The maximum absolute atomic E-state index is 13.8. The lowest BCUT2D eigenvalue weighted by atomic mass is 9.82. The van der Waals surface area contributed by atoms with E-state index in [9.17, 15) is 27.6 Å². The smallest absolute Gasteiger partial charge is 0.261 e. The first-order valence-electron chi connectivity index (χ1n) is 14.8. The lowest BCUT2D eigenvalue weighted by molar-refractivity contribution is 0.0585. The minimum Gasteiger partial charge on any atom is -0.308 e. The SMILES string of the molecule is CN(C)CCN1C(=O)c2cc(Cl)c3c4c(Cl)cc5c6c(cc(Cl)c(c7c(Cl)cc(c2c37)C1=O)c64)C(=O)N(CCN(C)C)C5=O.CS(=O)(=O)O. The van der Waals surface area contributed by atoms with Gasteiger partial charge in [0.25, 0.3) is 33.7 Å². The van der Waals surface area contributed by atoms with Gasteiger partial charge in [-0.15, -0.1) is 0 Å². The van der Waals surface area contributed by atoms with E-state index in [1.54, 1.807) is 24.3 Å². The van der Waals surface area contributed by atoms with Crippen molar-refractivity contribution in [1.82, 2.24) is 19.6 Å². The highest BCUT2D eigenvalue weighted by Gasteiger charge is 2.39. The summed E-state index contributed by atoms with van der Waals surface area (Å²) in [6.45, 7) is 1.32. The van der Waals surface area contributed by atoms with Gasteiger partial charge in [-0.1, -0.05) is 46.4 Å². The molecule has 0 saturated carbocycles. The number of halogens is 4. The molecule has 16 heteroatoms. The molecular weight excluding hydrogens is 738 g/mol. The summed E-state index contributed by atoms with van der Waals surface area (Å²) in [6, 6.07) is 6.20. The van der Waals surface area contributed by atoms with Gasteiger partial charge in [0, 0.05) is 89.4 Å². The van der Waals surface area contributed by atoms with Crippen LogP contribution in [0.3, 0.4) is 0 Å². The molecule has 0 fully saturated rings. The van der Waals surface area contributed by atoms with Crippen molar-refractivity contribution in [3.05, 3.63) is 66.6 Å². The molecule has 0 aliphatic carbocycles. The molecule has 2 heterocycles. The molecule has 0 aromatic heterocycles. The Labute approximate surface area is 300 Å². The van der Waals surface area contributed by atoms with Crippen LogP contribution in [0.2, 0.25) is 20.1 Å². The Morgan fingerprint density at radius 3 is 0.959 bits per heavy atom. The number of imide groups is 2. The number of benzene rings is 5. The highest BCUT2D eigenvalue weighted by molar-refractivity contribution is 7.85. The molecule has 0 bridgehead atoms. The molecular formula is C33H28Cl4N4O7S. The molecule has 0 atom stereocenters. The Balaban J connectivity index is 0.000000778. The summed E-state index contributed by atoms with van der Waals surface area (Å²) >= 11 is 28.0. The van der Waals surface area contributed by atoms with Gasteiger partial charge in [-0.3, -0.25) is 33.5 Å². The first kappa shape index (κ1) is 35.5. The van der Waals surface area contributed by atoms with Gasteiger partial charge >= 0.3 is 0 Å². The van der Waals surface area contributed by atoms with Crippen LogP contribution in [0.25, 0.3) is 43.1 Å². The van der Waals surface area contributed by atoms with Crippen LogP contribution in [0, 0.1) is 0 Å². The third-order valence-corrected chi connectivity index (χ3v) is 9.75. The number of amides is 4. The van der Waals surface area contributed by atoms with Gasteiger partial charge < -0.3 is 9.80 Å². The maximum Gasteiger partial charge on any atom is 0.261 e. The van der Waals surface area contributed by atoms with Crippen LogP contribution in [-0.2, 0) is 10.1 Å². The van der Waals surface area contributed by atoms with E-state index >= 15 is 0 Å². The molecule has 5 aromatic rings. The largest absolute Gasteiger partial charge is 0.308 e. The van der Waals surface area contributed by atoms with E-state index < -0.39 is 33.7 Å². The van der Waals surface area contributed by atoms with Crippen LogP contribution >= 0.6 is 46.4 Å². The molecule has 49 heavy (non-hydrogen) atoms. The first-order chi connectivity index (χ1) is 22.8. The predicted octanol–water partition coefficient (Wildman–Crippen LogP) is 6.17. The van der Waals surface area contributed by atoms with Gasteiger partial charge in [-0.2, -0.15) is 8.42 Å². The number of carbonyl (C=O) groups is 4. The second kappa shape index (κ2) is 12.5. The van der Waals surface area contributed by atoms with Crippen LogP contribution in [0.1, 0.15) is 41.4 Å². The van der Waals surface area contributed by atoms with Gasteiger partial charge in [-0.25, -0.2) is 0 Å². The Morgan fingerprint density at radius 2 is 0.755 bits per heavy atom. The second-order valence-corrected chi connectivity index (χ2v) is 15.6. The lowest BCUT2D eigenvalue weighted by Gasteiger charge is -2.32. The molecule has 2 aliphatic heterocycles. The topological polar surface area (TPSA) is 136 Å². The fraction of sp³-hybridized carbons (Fsp3) is 0.273. The van der Waals surface area contributed by atoms with E-state index in [0.29, 0.717) is 62.4 Å². The fourth-order valence-corrected chi connectivity index (χ4v) is 7.76. The summed E-state index contributed by atoms with van der Waals surface area (Å²) in [5.74, 6) is -1.86. The summed E-state index contributed by atoms with van der Waals surface area (Å²) in [4.78, 5) is 61.2. The zero-order valence-electron chi connectivity index (χ0n) is 26.7. The minimum atomic E-state index is -3.67. The molecule has 0 saturated heterocycles. The van der Waals surface area contributed by atoms with Gasteiger partial charge in [0.05, 0.1) is 28.5 Å². The van der Waals surface area contributed by atoms with Gasteiger partial charge in [-0.05, 0) is 52.5 Å². The third-order valence-electron chi connectivity index (χ3n) is 8.56. The van der Waals surface area contributed by atoms with E-state index in [1.165, 1.54) is 9.80 Å². The molecule has 4 amide bonds. The number of nitrogens with zero attached hydrogens (tertiary/aromatic N) is 4. The van der Waals surface area contributed by atoms with Crippen molar-refractivity contribution in [3.8, 4) is 0 Å². The van der Waals surface area contributed by atoms with Crippen molar-refractivity contribution in [2.45, 2.75) is 0 Å². The second-order valence-electron chi connectivity index (χ2n) is 12.5. The average Bonchev–Trinajstić information content (AvgIpc) is 2.98. The maximum atomic E-state index is 13.8. The minimum absolute atomic E-state index is 0.184. The van der Waals surface area contributed by atoms with Crippen molar-refractivity contribution >= 4 is 123 Å². The summed E-state index contributed by atoms with van der Waals surface area (Å²) in [6.07, 6.45) is 0.715. The molecule has 256 valence electrons. The van der Waals surface area contributed by atoms with Gasteiger partial charge in [0.15, 0.2) is 0 Å². The van der Waals surface area contributed by atoms with Crippen LogP contribution in [0.5, 0.6) is 0 Å². The standard InChI is InChI=1S/C32H24Cl4N4O4.CH4O3S/c1-37(2)5-7-39-29(41)13-9-17(33)23-25-19(35)11-15-22-16(32(44)40(31(15)43)8-6-38(3)4)12-20(36)26(28(22)25)24-18(34)10-14(30(39)42)21(13)27(23)24;1-5(2,3)4/h9-12H,5-8H2,1-4H3;1H3,(H,2,3,4). The summed E-state index contributed by atoms with van der Waals surface area (Å²) in [5.41, 5.74) is 1.07. The van der Waals surface area contributed by atoms with Crippen molar-refractivity contribution in [2.24, 2.45) is 0 Å². The monoisotopic (exact) mass is 764 g/mol. The zero-order chi connectivity index (χ0) is 36.0. The Hall–Kier alpha value is -3.33. The quantitative estimate of drug-likeness (QED) is 0.0932. The molecule has 2 aliphatic rings. The van der Waals surface area contributed by atoms with Crippen LogP contribution in [0.4, 0.5) is 0 Å². The molecule has 5 aromatic carbocycles. The number of fused-ring (bicyclic) bond motifs is 2. The normalized spacial score (nSPS) is 14.9. The Bertz CT molecular complexity index is 2140. The van der Waals surface area contributed by atoms with E-state index in [1.807, 2.05) is 38.0 Å². The lowest BCUT2D eigenvalue weighted by Crippen LogP contribution is -2.43. The van der Waals surface area contributed by atoms with Crippen molar-refractivity contribution in [2.75, 3.05) is 60.6 Å². The first-order valence-corrected chi connectivity index (χ1v) is 18.1. The number of carbonyl (C=O) groups excluding carboxylic acids is 4. The Kier molecular flexibility index (Phi) is 9.03. The van der Waals surface area contributed by atoms with Crippen LogP contribution in [-0.4, -0.2) is 117 Å². The molecule has 7 rings (SSSR count). The summed E-state index contributed by atoms with van der Waals surface area (Å²) in [7, 11) is 3.76. The molecule has 1 N–H and O–H groups in total. The molecule has 0 spiro atoms. The van der Waals surface area contributed by atoms with Crippen LogP contribution in [0.15, 0.2) is 24.3 Å². The average molecular weight is 766 g/mol. The molecule has 0 unspecified atom stereocenters. The Morgan fingerprint density at radius 1 is 0.531 bits per heavy atom. The number of hydrogen-bond acceptors (Lipinski definition) is 8. The fourth-order valence-electron chi connectivity index (χ4n) is 6.57. The van der Waals surface area contributed by atoms with E-state index in [4.69, 9.17) is 51.0 Å². The molecule has 0 radical (unpaired) electrons. The van der Waals surface area contributed by atoms with Crippen molar-refractivity contribution in [1.29, 1.82) is 0 Å². The van der Waals surface area contributed by atoms with E-state index in [2.05, 4.69) is 0 Å². The van der Waals surface area contributed by atoms with Gasteiger partial charge in [0.2, 0.25) is 0 Å². The molecule has 11 nitrogen and oxygen atoms in total. The predicted molar refractivity (Wildman–Crippen MR) is 193 cm³/mol. The number of likely N-dealkylation sites (N-methyl/N-ethyl adjacent to an activating group) is 2. The highest BCUT2D eigenvalue weighted by atomic mass is 35.5. The van der Waals surface area contributed by atoms with Crippen molar-refractivity contribution in [3.63, 3.8) is 0 Å². The van der Waals surface area contributed by atoms with Gasteiger partial charge in [0.1, 0.15) is 0 Å². The number of rotatable bonds is 6. The summed E-state index contributed by atoms with van der Waals surface area (Å²) < 4.78 is 25.9. The van der Waals surface area contributed by atoms with Crippen molar-refractivity contribution < 1.29 is 32.1 Å². The summed E-state index contributed by atoms with van der Waals surface area (Å²) in [5, 5.41) is 4.44. The zero-order valence-corrected chi connectivity index (χ0v) is 30.6. The highest BCUT2D eigenvalue weighted by Crippen LogP contribution is 2.53. The van der Waals surface area contributed by atoms with Crippen LogP contribution < -0.4 is 0 Å².